The molecule has 1 aliphatic heterocycles. The van der Waals surface area contributed by atoms with Crippen LogP contribution in [0.1, 0.15) is 0 Å². The van der Waals surface area contributed by atoms with E-state index >= 15 is 0 Å². The molecule has 0 bridgehead atoms. The number of pyridine rings is 1. The van der Waals surface area contributed by atoms with Crippen molar-refractivity contribution in [1.82, 2.24) is 9.88 Å². The molecule has 1 saturated heterocycles. The molecule has 1 aromatic heterocycles. The van der Waals surface area contributed by atoms with Crippen LogP contribution in [0.2, 0.25) is 0 Å². The van der Waals surface area contributed by atoms with Gasteiger partial charge in [0.2, 0.25) is 5.95 Å². The van der Waals surface area contributed by atoms with E-state index in [0.29, 0.717) is 5.69 Å². The van der Waals surface area contributed by atoms with Crippen LogP contribution in [0.4, 0.5) is 15.8 Å². The number of anilines is 2. The summed E-state index contributed by atoms with van der Waals surface area (Å²) in [4.78, 5) is 7.94. The van der Waals surface area contributed by atoms with Gasteiger partial charge in [0.1, 0.15) is 0 Å². The van der Waals surface area contributed by atoms with E-state index in [1.54, 1.807) is 0 Å². The van der Waals surface area contributed by atoms with Crippen molar-refractivity contribution in [2.45, 2.75) is 0 Å². The molecular formula is C12H17FN4. The van der Waals surface area contributed by atoms with Gasteiger partial charge in [-0.25, -0.2) is 4.98 Å². The largest absolute Gasteiger partial charge is 0.396 e. The van der Waals surface area contributed by atoms with Crippen LogP contribution in [-0.4, -0.2) is 42.6 Å². The highest BCUT2D eigenvalue weighted by Gasteiger charge is 2.18. The van der Waals surface area contributed by atoms with E-state index in [9.17, 15) is 4.39 Å². The van der Waals surface area contributed by atoms with Gasteiger partial charge in [0, 0.05) is 38.8 Å². The second-order valence-electron chi connectivity index (χ2n) is 4.14. The van der Waals surface area contributed by atoms with Crippen LogP contribution in [0.15, 0.2) is 24.9 Å². The van der Waals surface area contributed by atoms with Crippen LogP contribution in [0.3, 0.4) is 0 Å². The molecule has 1 aromatic rings. The maximum atomic E-state index is 13.1. The van der Waals surface area contributed by atoms with Crippen molar-refractivity contribution < 1.29 is 4.39 Å². The Morgan fingerprint density at radius 1 is 1.41 bits per heavy atom. The molecule has 0 aliphatic carbocycles. The molecule has 0 radical (unpaired) electrons. The standard InChI is InChI=1S/C12H17FN4/c1-2-3-16-4-6-17(7-5-16)11-8-12(13)15-9-10(11)14/h2,8-9H,1,3-7,14H2. The zero-order chi connectivity index (χ0) is 12.3. The van der Waals surface area contributed by atoms with Gasteiger partial charge in [0.25, 0.3) is 0 Å². The number of hydrogen-bond acceptors (Lipinski definition) is 4. The lowest BCUT2D eigenvalue weighted by Crippen LogP contribution is -2.46. The first-order valence-electron chi connectivity index (χ1n) is 5.70. The number of nitrogens with zero attached hydrogens (tertiary/aromatic N) is 3. The third kappa shape index (κ3) is 2.74. The van der Waals surface area contributed by atoms with Gasteiger partial charge in [0.05, 0.1) is 17.6 Å². The first-order valence-corrected chi connectivity index (χ1v) is 5.70. The molecule has 0 atom stereocenters. The first kappa shape index (κ1) is 11.9. The fraction of sp³-hybridized carbons (Fsp3) is 0.417. The number of rotatable bonds is 3. The Hall–Kier alpha value is -1.62. The highest BCUT2D eigenvalue weighted by Crippen LogP contribution is 2.23. The zero-order valence-electron chi connectivity index (χ0n) is 9.77. The number of piperazine rings is 1. The first-order chi connectivity index (χ1) is 8.20. The van der Waals surface area contributed by atoms with Gasteiger partial charge < -0.3 is 10.6 Å². The Bertz CT molecular complexity index is 399. The molecule has 1 fully saturated rings. The summed E-state index contributed by atoms with van der Waals surface area (Å²) in [5.41, 5.74) is 7.09. The van der Waals surface area contributed by atoms with E-state index in [0.717, 1.165) is 38.4 Å². The average molecular weight is 236 g/mol. The van der Waals surface area contributed by atoms with Gasteiger partial charge >= 0.3 is 0 Å². The summed E-state index contributed by atoms with van der Waals surface area (Å²) in [6.07, 6.45) is 3.27. The number of hydrogen-bond donors (Lipinski definition) is 1. The third-order valence-electron chi connectivity index (χ3n) is 2.98. The van der Waals surface area contributed by atoms with Crippen molar-refractivity contribution in [2.75, 3.05) is 43.4 Å². The Labute approximate surface area is 101 Å². The number of aromatic nitrogens is 1. The van der Waals surface area contributed by atoms with E-state index in [-0.39, 0.29) is 0 Å². The summed E-state index contributed by atoms with van der Waals surface area (Å²) in [5.74, 6) is -0.484. The number of nitrogen functional groups attached to an aromatic ring is 1. The average Bonchev–Trinajstić information content (AvgIpc) is 2.34. The highest BCUT2D eigenvalue weighted by atomic mass is 19.1. The van der Waals surface area contributed by atoms with Crippen LogP contribution >= 0.6 is 0 Å². The van der Waals surface area contributed by atoms with Crippen molar-refractivity contribution in [3.05, 3.63) is 30.9 Å². The second-order valence-corrected chi connectivity index (χ2v) is 4.14. The lowest BCUT2D eigenvalue weighted by molar-refractivity contribution is 0.284. The summed E-state index contributed by atoms with van der Waals surface area (Å²) < 4.78 is 13.1. The Morgan fingerprint density at radius 3 is 2.76 bits per heavy atom. The van der Waals surface area contributed by atoms with E-state index in [2.05, 4.69) is 21.4 Å². The minimum Gasteiger partial charge on any atom is -0.396 e. The van der Waals surface area contributed by atoms with E-state index in [1.165, 1.54) is 12.3 Å². The van der Waals surface area contributed by atoms with Gasteiger partial charge in [-0.1, -0.05) is 6.08 Å². The van der Waals surface area contributed by atoms with Crippen LogP contribution < -0.4 is 10.6 Å². The fourth-order valence-corrected chi connectivity index (χ4v) is 2.06. The Balaban J connectivity index is 2.05. The molecule has 2 heterocycles. The molecule has 0 unspecified atom stereocenters. The molecule has 5 heteroatoms. The molecule has 0 spiro atoms. The normalized spacial score (nSPS) is 17.1. The Morgan fingerprint density at radius 2 is 2.12 bits per heavy atom. The third-order valence-corrected chi connectivity index (χ3v) is 2.98. The van der Waals surface area contributed by atoms with Crippen LogP contribution in [-0.2, 0) is 0 Å². The maximum Gasteiger partial charge on any atom is 0.215 e. The summed E-state index contributed by atoms with van der Waals surface area (Å²) in [6, 6.07) is 1.40. The summed E-state index contributed by atoms with van der Waals surface area (Å²) in [6.45, 7) is 8.20. The topological polar surface area (TPSA) is 45.4 Å². The summed E-state index contributed by atoms with van der Waals surface area (Å²) in [7, 11) is 0. The van der Waals surface area contributed by atoms with E-state index in [4.69, 9.17) is 5.73 Å². The molecule has 0 aromatic carbocycles. The van der Waals surface area contributed by atoms with Crippen LogP contribution in [0.25, 0.3) is 0 Å². The predicted molar refractivity (Wildman–Crippen MR) is 67.5 cm³/mol. The van der Waals surface area contributed by atoms with Crippen molar-refractivity contribution in [3.8, 4) is 0 Å². The lowest BCUT2D eigenvalue weighted by Gasteiger charge is -2.35. The number of halogens is 1. The molecular weight excluding hydrogens is 219 g/mol. The molecule has 17 heavy (non-hydrogen) atoms. The second kappa shape index (κ2) is 5.14. The summed E-state index contributed by atoms with van der Waals surface area (Å²) >= 11 is 0. The monoisotopic (exact) mass is 236 g/mol. The maximum absolute atomic E-state index is 13.1. The highest BCUT2D eigenvalue weighted by molar-refractivity contribution is 5.66. The molecule has 4 nitrogen and oxygen atoms in total. The van der Waals surface area contributed by atoms with Crippen LogP contribution in [0, 0.1) is 5.95 Å². The van der Waals surface area contributed by atoms with Crippen molar-refractivity contribution >= 4 is 11.4 Å². The minimum absolute atomic E-state index is 0.484. The van der Waals surface area contributed by atoms with Gasteiger partial charge in [0.15, 0.2) is 0 Å². The molecule has 2 N–H and O–H groups in total. The Kier molecular flexibility index (Phi) is 3.58. The molecule has 0 saturated carbocycles. The fourth-order valence-electron chi connectivity index (χ4n) is 2.06. The zero-order valence-corrected chi connectivity index (χ0v) is 9.77. The number of nitrogens with two attached hydrogens (primary N) is 1. The quantitative estimate of drug-likeness (QED) is 0.631. The van der Waals surface area contributed by atoms with Crippen molar-refractivity contribution in [3.63, 3.8) is 0 Å². The smallest absolute Gasteiger partial charge is 0.215 e. The van der Waals surface area contributed by atoms with Gasteiger partial charge in [-0.05, 0) is 0 Å². The minimum atomic E-state index is -0.484. The van der Waals surface area contributed by atoms with Crippen molar-refractivity contribution in [2.24, 2.45) is 0 Å². The van der Waals surface area contributed by atoms with Crippen molar-refractivity contribution in [1.29, 1.82) is 0 Å². The molecule has 0 amide bonds. The van der Waals surface area contributed by atoms with E-state index < -0.39 is 5.95 Å². The lowest BCUT2D eigenvalue weighted by atomic mass is 10.2. The molecule has 1 aliphatic rings. The van der Waals surface area contributed by atoms with Gasteiger partial charge in [-0.3, -0.25) is 4.90 Å². The SMILES string of the molecule is C=CCN1CCN(c2cc(F)ncc2N)CC1. The van der Waals surface area contributed by atoms with Gasteiger partial charge in [-0.2, -0.15) is 4.39 Å². The molecule has 92 valence electrons. The predicted octanol–water partition coefficient (Wildman–Crippen LogP) is 1.11. The van der Waals surface area contributed by atoms with Crippen LogP contribution in [0.5, 0.6) is 0 Å². The summed E-state index contributed by atoms with van der Waals surface area (Å²) in [5, 5.41) is 0. The van der Waals surface area contributed by atoms with Gasteiger partial charge in [-0.15, -0.1) is 6.58 Å². The molecule has 2 rings (SSSR count). The van der Waals surface area contributed by atoms with E-state index in [1.807, 2.05) is 6.08 Å².